The molecule has 7 nitrogen and oxygen atoms in total. The quantitative estimate of drug-likeness (QED) is 0.579. The second-order valence-electron chi connectivity index (χ2n) is 8.53. The first-order valence-electron chi connectivity index (χ1n) is 10.8. The van der Waals surface area contributed by atoms with Gasteiger partial charge in [-0.1, -0.05) is 50.3 Å². The molecule has 0 bridgehead atoms. The minimum atomic E-state index is -3.88. The Labute approximate surface area is 182 Å². The monoisotopic (exact) mass is 443 g/mol. The zero-order chi connectivity index (χ0) is 22.0. The van der Waals surface area contributed by atoms with E-state index < -0.39 is 15.8 Å². The fraction of sp³-hybridized carbons (Fsp3) is 0.435. The molecule has 1 heterocycles. The molecule has 1 saturated carbocycles. The van der Waals surface area contributed by atoms with Crippen LogP contribution in [0.5, 0.6) is 0 Å². The Bertz CT molecular complexity index is 1220. The van der Waals surface area contributed by atoms with Gasteiger partial charge in [0.05, 0.1) is 16.1 Å². The van der Waals surface area contributed by atoms with Gasteiger partial charge in [-0.15, -0.1) is 0 Å². The van der Waals surface area contributed by atoms with Crippen molar-refractivity contribution in [1.82, 2.24) is 9.88 Å². The van der Waals surface area contributed by atoms with Crippen molar-refractivity contribution in [3.8, 4) is 5.69 Å². The van der Waals surface area contributed by atoms with Crippen molar-refractivity contribution >= 4 is 21.1 Å². The summed E-state index contributed by atoms with van der Waals surface area (Å²) in [6.07, 6.45) is 7.83. The molecule has 1 fully saturated rings. The van der Waals surface area contributed by atoms with Crippen LogP contribution >= 0.6 is 0 Å². The molecule has 2 aromatic carbocycles. The number of primary sulfonamides is 1. The lowest BCUT2D eigenvalue weighted by atomic mass is 9.85. The van der Waals surface area contributed by atoms with Crippen molar-refractivity contribution in [2.75, 3.05) is 0 Å². The Kier molecular flexibility index (Phi) is 6.31. The van der Waals surface area contributed by atoms with E-state index in [1.54, 1.807) is 6.07 Å². The van der Waals surface area contributed by atoms with E-state index in [2.05, 4.69) is 12.2 Å². The molecule has 8 heteroatoms. The fourth-order valence-electron chi connectivity index (χ4n) is 4.57. The van der Waals surface area contributed by atoms with Gasteiger partial charge < -0.3 is 9.73 Å². The van der Waals surface area contributed by atoms with Crippen LogP contribution in [0.2, 0.25) is 0 Å². The molecule has 0 radical (unpaired) electrons. The van der Waals surface area contributed by atoms with Gasteiger partial charge in [-0.25, -0.2) is 22.9 Å². The van der Waals surface area contributed by atoms with Gasteiger partial charge in [0.25, 0.3) is 0 Å². The summed E-state index contributed by atoms with van der Waals surface area (Å²) in [5, 5.41) is 8.80. The molecule has 1 aliphatic rings. The smallest absolute Gasteiger partial charge is 0.407 e. The van der Waals surface area contributed by atoms with Crippen LogP contribution in [-0.4, -0.2) is 19.0 Å². The van der Waals surface area contributed by atoms with E-state index in [4.69, 9.17) is 9.56 Å². The summed E-state index contributed by atoms with van der Waals surface area (Å²) >= 11 is 0. The van der Waals surface area contributed by atoms with Crippen molar-refractivity contribution in [2.24, 2.45) is 11.1 Å². The summed E-state index contributed by atoms with van der Waals surface area (Å²) in [7, 11) is -3.88. The van der Waals surface area contributed by atoms with Crippen molar-refractivity contribution < 1.29 is 12.8 Å². The number of aromatic nitrogens is 1. The fourth-order valence-corrected chi connectivity index (χ4v) is 5.10. The molecule has 1 atom stereocenters. The molecule has 3 N–H and O–H groups in total. The van der Waals surface area contributed by atoms with E-state index in [-0.39, 0.29) is 10.5 Å². The highest BCUT2D eigenvalue weighted by Crippen LogP contribution is 2.27. The second kappa shape index (κ2) is 8.98. The number of nitrogens with one attached hydrogen (secondary N) is 1. The molecule has 0 amide bonds. The van der Waals surface area contributed by atoms with E-state index in [0.29, 0.717) is 23.8 Å². The summed E-state index contributed by atoms with van der Waals surface area (Å²) in [5.74, 6) is 0.226. The number of nitrogens with zero attached hydrogens (tertiary/aromatic N) is 1. The molecule has 31 heavy (non-hydrogen) atoms. The summed E-state index contributed by atoms with van der Waals surface area (Å²) in [5.41, 5.74) is 2.37. The van der Waals surface area contributed by atoms with Crippen LogP contribution in [0.4, 0.5) is 0 Å². The molecule has 0 spiro atoms. The number of para-hydroxylation sites is 1. The number of sulfonamides is 1. The summed E-state index contributed by atoms with van der Waals surface area (Å²) in [6.45, 7) is 2.84. The van der Waals surface area contributed by atoms with Gasteiger partial charge in [0.15, 0.2) is 5.58 Å². The van der Waals surface area contributed by atoms with Gasteiger partial charge in [-0.3, -0.25) is 0 Å². The molecule has 0 aliphatic heterocycles. The van der Waals surface area contributed by atoms with Crippen LogP contribution in [0.1, 0.15) is 51.0 Å². The Morgan fingerprint density at radius 3 is 2.65 bits per heavy atom. The Hall–Kier alpha value is -2.42. The molecule has 0 unspecified atom stereocenters. The van der Waals surface area contributed by atoms with E-state index in [1.807, 2.05) is 24.3 Å². The number of hydrogen-bond acceptors (Lipinski definition) is 5. The van der Waals surface area contributed by atoms with Crippen molar-refractivity contribution in [2.45, 2.75) is 62.9 Å². The third-order valence-corrected chi connectivity index (χ3v) is 7.08. The average molecular weight is 444 g/mol. The highest BCUT2D eigenvalue weighted by atomic mass is 32.2. The van der Waals surface area contributed by atoms with E-state index in [1.165, 1.54) is 48.8 Å². The highest BCUT2D eigenvalue weighted by molar-refractivity contribution is 7.89. The van der Waals surface area contributed by atoms with Crippen molar-refractivity contribution in [1.29, 1.82) is 0 Å². The maximum Gasteiger partial charge on any atom is 0.424 e. The minimum absolute atomic E-state index is 0.0904. The standard InChI is InChI=1S/C23H29N3O4S/c1-16(13-17-7-3-2-4-8-17)25-15-18-9-5-6-10-20(18)26-21-12-11-19(31(24,28)29)14-22(21)30-23(26)27/h5-6,9-12,14,16-17,25H,2-4,7-8,13,15H2,1H3,(H2,24,28,29)/t16-/m1/s1. The van der Waals surface area contributed by atoms with Gasteiger partial charge in [-0.05, 0) is 43.0 Å². The maximum atomic E-state index is 12.6. The molecule has 1 aliphatic carbocycles. The number of nitrogens with two attached hydrogens (primary N) is 1. The van der Waals surface area contributed by atoms with Gasteiger partial charge in [0.2, 0.25) is 10.0 Å². The maximum absolute atomic E-state index is 12.6. The number of fused-ring (bicyclic) bond motifs is 1. The predicted octanol–water partition coefficient (Wildman–Crippen LogP) is 3.68. The first-order valence-corrected chi connectivity index (χ1v) is 12.4. The van der Waals surface area contributed by atoms with E-state index in [0.717, 1.165) is 17.9 Å². The van der Waals surface area contributed by atoms with Crippen molar-refractivity contribution in [3.05, 3.63) is 58.6 Å². The van der Waals surface area contributed by atoms with Crippen molar-refractivity contribution in [3.63, 3.8) is 0 Å². The van der Waals surface area contributed by atoms with Crippen LogP contribution in [0.3, 0.4) is 0 Å². The summed E-state index contributed by atoms with van der Waals surface area (Å²) < 4.78 is 30.1. The Morgan fingerprint density at radius 2 is 1.90 bits per heavy atom. The van der Waals surface area contributed by atoms with Crippen LogP contribution in [0.25, 0.3) is 16.8 Å². The van der Waals surface area contributed by atoms with Crippen LogP contribution in [0, 0.1) is 5.92 Å². The van der Waals surface area contributed by atoms with E-state index >= 15 is 0 Å². The Morgan fingerprint density at radius 1 is 1.16 bits per heavy atom. The van der Waals surface area contributed by atoms with Gasteiger partial charge in [-0.2, -0.15) is 0 Å². The van der Waals surface area contributed by atoms with E-state index in [9.17, 15) is 13.2 Å². The SMILES string of the molecule is C[C@H](CC1CCCCC1)NCc1ccccc1-n1c(=O)oc2cc(S(N)(=O)=O)ccc21. The third-order valence-electron chi connectivity index (χ3n) is 6.17. The molecule has 3 aromatic rings. The highest BCUT2D eigenvalue weighted by Gasteiger charge is 2.19. The molecular weight excluding hydrogens is 414 g/mol. The lowest BCUT2D eigenvalue weighted by Crippen LogP contribution is -2.29. The number of rotatable bonds is 7. The first-order chi connectivity index (χ1) is 14.8. The molecule has 166 valence electrons. The molecule has 0 saturated heterocycles. The molecule has 1 aromatic heterocycles. The number of benzene rings is 2. The second-order valence-corrected chi connectivity index (χ2v) is 10.1. The number of hydrogen-bond donors (Lipinski definition) is 2. The Balaban J connectivity index is 1.59. The van der Waals surface area contributed by atoms with Crippen LogP contribution < -0.4 is 16.2 Å². The zero-order valence-corrected chi connectivity index (χ0v) is 18.5. The largest absolute Gasteiger partial charge is 0.424 e. The van der Waals surface area contributed by atoms with Gasteiger partial charge in [0.1, 0.15) is 0 Å². The third kappa shape index (κ3) is 4.92. The number of oxazole rings is 1. The predicted molar refractivity (Wildman–Crippen MR) is 121 cm³/mol. The van der Waals surface area contributed by atoms with Gasteiger partial charge in [0, 0.05) is 18.7 Å². The van der Waals surface area contributed by atoms with Gasteiger partial charge >= 0.3 is 5.76 Å². The lowest BCUT2D eigenvalue weighted by molar-refractivity contribution is 0.304. The summed E-state index contributed by atoms with van der Waals surface area (Å²) in [4.78, 5) is 12.6. The normalized spacial score (nSPS) is 16.6. The van der Waals surface area contributed by atoms with Crippen LogP contribution in [0.15, 0.2) is 56.6 Å². The lowest BCUT2D eigenvalue weighted by Gasteiger charge is -2.25. The zero-order valence-electron chi connectivity index (χ0n) is 17.7. The first kappa shape index (κ1) is 21.8. The molecular formula is C23H29N3O4S. The van der Waals surface area contributed by atoms with Crippen LogP contribution in [-0.2, 0) is 16.6 Å². The summed E-state index contributed by atoms with van der Waals surface area (Å²) in [6, 6.07) is 12.3. The minimum Gasteiger partial charge on any atom is -0.407 e. The topological polar surface area (TPSA) is 107 Å². The average Bonchev–Trinajstić information content (AvgIpc) is 3.07. The molecule has 4 rings (SSSR count).